The molecule has 0 heterocycles. The van der Waals surface area contributed by atoms with Crippen LogP contribution >= 0.6 is 0 Å². The van der Waals surface area contributed by atoms with Crippen LogP contribution in [0.15, 0.2) is 36.4 Å². The van der Waals surface area contributed by atoms with E-state index in [0.29, 0.717) is 9.76 Å². The van der Waals surface area contributed by atoms with Crippen LogP contribution in [0.4, 0.5) is 0 Å². The van der Waals surface area contributed by atoms with Crippen molar-refractivity contribution in [2.75, 3.05) is 0 Å². The molecule has 0 aliphatic heterocycles. The maximum absolute atomic E-state index is 5.92. The molecule has 0 N–H and O–H groups in total. The Bertz CT molecular complexity index is 541. The lowest BCUT2D eigenvalue weighted by Crippen LogP contribution is -2.23. The van der Waals surface area contributed by atoms with Crippen molar-refractivity contribution in [3.8, 4) is 5.75 Å². The highest BCUT2D eigenvalue weighted by Gasteiger charge is 2.05. The molecular weight excluding hydrogens is 236 g/mol. The summed E-state index contributed by atoms with van der Waals surface area (Å²) in [6.45, 7) is 8.49. The van der Waals surface area contributed by atoms with Gasteiger partial charge in [0.2, 0.25) is 0 Å². The fourth-order valence-electron chi connectivity index (χ4n) is 1.97. The van der Waals surface area contributed by atoms with Crippen LogP contribution in [-0.2, 0) is 0 Å². The first-order valence-electron chi connectivity index (χ1n) is 6.13. The minimum atomic E-state index is 0.370. The van der Waals surface area contributed by atoms with Crippen LogP contribution in [0.25, 0.3) is 0 Å². The molecule has 18 heavy (non-hydrogen) atoms. The molecule has 2 radical (unpaired) electrons. The van der Waals surface area contributed by atoms with Gasteiger partial charge in [0.25, 0.3) is 0 Å². The Kier molecular flexibility index (Phi) is 3.87. The van der Waals surface area contributed by atoms with Gasteiger partial charge in [-0.1, -0.05) is 24.3 Å². The topological polar surface area (TPSA) is 9.23 Å². The Morgan fingerprint density at radius 1 is 0.889 bits per heavy atom. The zero-order valence-electron chi connectivity index (χ0n) is 11.4. The number of aryl methyl sites for hydroxylation is 3. The largest absolute Gasteiger partial charge is 0.536 e. The molecule has 0 aromatic heterocycles. The van der Waals surface area contributed by atoms with Gasteiger partial charge in [0.1, 0.15) is 5.75 Å². The van der Waals surface area contributed by atoms with Gasteiger partial charge in [-0.15, -0.1) is 0 Å². The summed E-state index contributed by atoms with van der Waals surface area (Å²) < 4.78 is 5.92. The zero-order valence-corrected chi connectivity index (χ0v) is 12.4. The Hall–Kier alpha value is -1.54. The van der Waals surface area contributed by atoms with Crippen molar-refractivity contribution in [2.24, 2.45) is 0 Å². The molecule has 2 aromatic rings. The van der Waals surface area contributed by atoms with E-state index in [2.05, 4.69) is 64.1 Å². The van der Waals surface area contributed by atoms with Gasteiger partial charge in [-0.3, -0.25) is 0 Å². The molecular formula is C16H18OSi. The number of hydrogen-bond donors (Lipinski definition) is 0. The molecule has 0 saturated carbocycles. The zero-order chi connectivity index (χ0) is 13.1. The van der Waals surface area contributed by atoms with Gasteiger partial charge in [-0.05, 0) is 67.3 Å². The predicted molar refractivity (Wildman–Crippen MR) is 77.8 cm³/mol. The number of hydrogen-bond acceptors (Lipinski definition) is 1. The minimum Gasteiger partial charge on any atom is -0.536 e. The van der Waals surface area contributed by atoms with Crippen molar-refractivity contribution in [3.63, 3.8) is 0 Å². The van der Waals surface area contributed by atoms with E-state index in [1.807, 2.05) is 0 Å². The molecule has 0 atom stereocenters. The quantitative estimate of drug-likeness (QED) is 0.764. The molecule has 0 unspecified atom stereocenters. The number of rotatable bonds is 3. The van der Waals surface area contributed by atoms with Crippen molar-refractivity contribution in [1.82, 2.24) is 0 Å². The lowest BCUT2D eigenvalue weighted by Gasteiger charge is -2.10. The molecule has 0 saturated heterocycles. The Morgan fingerprint density at radius 2 is 1.56 bits per heavy atom. The Labute approximate surface area is 112 Å². The van der Waals surface area contributed by atoms with E-state index >= 15 is 0 Å². The van der Waals surface area contributed by atoms with Gasteiger partial charge in [0.05, 0.1) is 0 Å². The maximum Gasteiger partial charge on any atom is 0.351 e. The average Bonchev–Trinajstić information content (AvgIpc) is 2.30. The molecule has 92 valence electrons. The fourth-order valence-corrected chi connectivity index (χ4v) is 2.83. The summed E-state index contributed by atoms with van der Waals surface area (Å²) in [5, 5.41) is 1.29. The van der Waals surface area contributed by atoms with E-state index in [1.165, 1.54) is 27.4 Å². The molecule has 0 bridgehead atoms. The molecule has 0 aliphatic carbocycles. The third kappa shape index (κ3) is 3.02. The Morgan fingerprint density at radius 3 is 2.22 bits per heavy atom. The highest BCUT2D eigenvalue weighted by atomic mass is 28.2. The van der Waals surface area contributed by atoms with Crippen molar-refractivity contribution < 1.29 is 4.43 Å². The van der Waals surface area contributed by atoms with Crippen LogP contribution in [0, 0.1) is 27.7 Å². The van der Waals surface area contributed by atoms with Gasteiger partial charge in [0.15, 0.2) is 0 Å². The van der Waals surface area contributed by atoms with Crippen molar-refractivity contribution in [1.29, 1.82) is 0 Å². The van der Waals surface area contributed by atoms with Crippen LogP contribution in [0.3, 0.4) is 0 Å². The third-order valence-corrected chi connectivity index (χ3v) is 4.18. The van der Waals surface area contributed by atoms with Gasteiger partial charge in [-0.2, -0.15) is 0 Å². The van der Waals surface area contributed by atoms with Gasteiger partial charge < -0.3 is 4.43 Å². The SMILES string of the molecule is Cc1cc(C)cc(O[Si]c2cccc(C)c2C)c1. The molecule has 0 aliphatic rings. The second-order valence-electron chi connectivity index (χ2n) is 4.78. The summed E-state index contributed by atoms with van der Waals surface area (Å²) in [6, 6.07) is 12.7. The van der Waals surface area contributed by atoms with Crippen molar-refractivity contribution >= 4 is 14.9 Å². The van der Waals surface area contributed by atoms with Crippen LogP contribution in [0.2, 0.25) is 0 Å². The summed E-state index contributed by atoms with van der Waals surface area (Å²) in [4.78, 5) is 0. The predicted octanol–water partition coefficient (Wildman–Crippen LogP) is 3.24. The summed E-state index contributed by atoms with van der Waals surface area (Å²) in [5.41, 5.74) is 5.15. The normalized spacial score (nSPS) is 10.4. The Balaban J connectivity index is 2.14. The molecule has 2 aromatic carbocycles. The standard InChI is InChI=1S/C16H18OSi/c1-11-8-12(2)10-15(9-11)17-18-16-7-5-6-13(3)14(16)4/h5-10H,1-4H3. The van der Waals surface area contributed by atoms with Crippen molar-refractivity contribution in [3.05, 3.63) is 58.7 Å². The highest BCUT2D eigenvalue weighted by Crippen LogP contribution is 2.15. The molecule has 2 rings (SSSR count). The first-order chi connectivity index (χ1) is 8.56. The number of benzene rings is 2. The van der Waals surface area contributed by atoms with Crippen LogP contribution in [-0.4, -0.2) is 9.76 Å². The lowest BCUT2D eigenvalue weighted by atomic mass is 10.1. The second kappa shape index (κ2) is 5.40. The van der Waals surface area contributed by atoms with E-state index in [4.69, 9.17) is 4.43 Å². The minimum absolute atomic E-state index is 0.370. The van der Waals surface area contributed by atoms with E-state index in [-0.39, 0.29) is 0 Å². The van der Waals surface area contributed by atoms with E-state index in [9.17, 15) is 0 Å². The van der Waals surface area contributed by atoms with Crippen LogP contribution in [0.5, 0.6) is 5.75 Å². The molecule has 1 nitrogen and oxygen atoms in total. The van der Waals surface area contributed by atoms with Gasteiger partial charge in [0, 0.05) is 0 Å². The lowest BCUT2D eigenvalue weighted by molar-refractivity contribution is 0.603. The van der Waals surface area contributed by atoms with Gasteiger partial charge >= 0.3 is 9.76 Å². The summed E-state index contributed by atoms with van der Waals surface area (Å²) in [5.74, 6) is 0.965. The fraction of sp³-hybridized carbons (Fsp3) is 0.250. The monoisotopic (exact) mass is 254 g/mol. The average molecular weight is 254 g/mol. The maximum atomic E-state index is 5.92. The van der Waals surface area contributed by atoms with E-state index in [1.54, 1.807) is 0 Å². The smallest absolute Gasteiger partial charge is 0.351 e. The van der Waals surface area contributed by atoms with Crippen molar-refractivity contribution in [2.45, 2.75) is 27.7 Å². The highest BCUT2D eigenvalue weighted by molar-refractivity contribution is 6.48. The summed E-state index contributed by atoms with van der Waals surface area (Å²) >= 11 is 0. The van der Waals surface area contributed by atoms with E-state index in [0.717, 1.165) is 5.75 Å². The van der Waals surface area contributed by atoms with Crippen LogP contribution in [0.1, 0.15) is 22.3 Å². The molecule has 2 heteroatoms. The molecule has 0 amide bonds. The third-order valence-electron chi connectivity index (χ3n) is 3.08. The molecule has 0 spiro atoms. The van der Waals surface area contributed by atoms with E-state index < -0.39 is 0 Å². The first kappa shape index (κ1) is 12.9. The van der Waals surface area contributed by atoms with Gasteiger partial charge in [-0.25, -0.2) is 0 Å². The molecule has 0 fully saturated rings. The first-order valence-corrected chi connectivity index (χ1v) is 7.04. The second-order valence-corrected chi connectivity index (χ2v) is 5.72. The summed E-state index contributed by atoms with van der Waals surface area (Å²) in [7, 11) is 0.370. The summed E-state index contributed by atoms with van der Waals surface area (Å²) in [6.07, 6.45) is 0. The van der Waals surface area contributed by atoms with Crippen LogP contribution < -0.4 is 9.61 Å².